The summed E-state index contributed by atoms with van der Waals surface area (Å²) in [5, 5.41) is 18.5. The van der Waals surface area contributed by atoms with Crippen molar-refractivity contribution in [2.45, 2.75) is 0 Å². The lowest BCUT2D eigenvalue weighted by Gasteiger charge is -2.03. The Kier molecular flexibility index (Phi) is 3.46. The van der Waals surface area contributed by atoms with Crippen LogP contribution in [0.3, 0.4) is 0 Å². The summed E-state index contributed by atoms with van der Waals surface area (Å²) >= 11 is 3.31. The van der Waals surface area contributed by atoms with E-state index in [9.17, 15) is 14.7 Å². The van der Waals surface area contributed by atoms with E-state index >= 15 is 0 Å². The summed E-state index contributed by atoms with van der Waals surface area (Å²) in [7, 11) is 0. The Balaban J connectivity index is 2.02. The van der Waals surface area contributed by atoms with E-state index in [2.05, 4.69) is 15.9 Å². The Hall–Kier alpha value is -2.60. The number of Topliss-reactive ketones (excluding diaryl/α,β-unsaturated/α-hetero) is 1. The number of aromatic carboxylic acids is 1. The Morgan fingerprint density at radius 1 is 1.23 bits per heavy atom. The number of ether oxygens (including phenoxy) is 1. The summed E-state index contributed by atoms with van der Waals surface area (Å²) in [5.41, 5.74) is 0.652. The number of halogens is 1. The van der Waals surface area contributed by atoms with E-state index in [0.29, 0.717) is 21.3 Å². The number of phenols is 1. The molecule has 0 fully saturated rings. The van der Waals surface area contributed by atoms with E-state index in [0.717, 1.165) is 0 Å². The molecule has 0 aliphatic carbocycles. The largest absolute Gasteiger partial charge is 0.507 e. The highest BCUT2D eigenvalue weighted by atomic mass is 79.9. The summed E-state index contributed by atoms with van der Waals surface area (Å²) in [6, 6.07) is 9.19. The molecule has 0 atom stereocenters. The van der Waals surface area contributed by atoms with Crippen molar-refractivity contribution in [1.82, 2.24) is 0 Å². The van der Waals surface area contributed by atoms with E-state index in [1.54, 1.807) is 18.2 Å². The first-order chi connectivity index (χ1) is 10.5. The molecular formula is C16H9BrO5. The van der Waals surface area contributed by atoms with Gasteiger partial charge in [-0.25, -0.2) is 4.79 Å². The van der Waals surface area contributed by atoms with Crippen molar-refractivity contribution in [3.05, 3.63) is 63.3 Å². The van der Waals surface area contributed by atoms with Gasteiger partial charge >= 0.3 is 5.97 Å². The highest BCUT2D eigenvalue weighted by Crippen LogP contribution is 2.38. The molecule has 2 aromatic rings. The fraction of sp³-hybridized carbons (Fsp3) is 0. The molecule has 6 heteroatoms. The molecule has 0 saturated carbocycles. The minimum absolute atomic E-state index is 0.101. The lowest BCUT2D eigenvalue weighted by molar-refractivity contribution is 0.0693. The number of hydrogen-bond acceptors (Lipinski definition) is 4. The van der Waals surface area contributed by atoms with E-state index in [1.807, 2.05) is 0 Å². The van der Waals surface area contributed by atoms with Crippen molar-refractivity contribution in [3.8, 4) is 11.5 Å². The number of carbonyl (C=O) groups excluding carboxylic acids is 1. The number of aromatic hydroxyl groups is 1. The number of para-hydroxylation sites is 1. The van der Waals surface area contributed by atoms with Gasteiger partial charge in [-0.05, 0) is 51.8 Å². The molecule has 1 aliphatic heterocycles. The zero-order valence-corrected chi connectivity index (χ0v) is 12.6. The third kappa shape index (κ3) is 2.37. The van der Waals surface area contributed by atoms with Crippen LogP contribution in [0, 0.1) is 0 Å². The van der Waals surface area contributed by atoms with Crippen LogP contribution in [0.25, 0.3) is 6.08 Å². The molecule has 0 bridgehead atoms. The molecule has 2 N–H and O–H groups in total. The molecule has 1 aliphatic rings. The quantitative estimate of drug-likeness (QED) is 0.801. The summed E-state index contributed by atoms with van der Waals surface area (Å²) in [4.78, 5) is 23.3. The second-order valence-electron chi connectivity index (χ2n) is 4.64. The Morgan fingerprint density at radius 3 is 2.68 bits per heavy atom. The molecule has 2 aromatic carbocycles. The first kappa shape index (κ1) is 14.3. The van der Waals surface area contributed by atoms with E-state index in [-0.39, 0.29) is 22.9 Å². The van der Waals surface area contributed by atoms with Gasteiger partial charge in [-0.2, -0.15) is 0 Å². The molecule has 0 radical (unpaired) electrons. The van der Waals surface area contributed by atoms with Gasteiger partial charge in [-0.3, -0.25) is 4.79 Å². The molecular weight excluding hydrogens is 352 g/mol. The van der Waals surface area contributed by atoms with Crippen molar-refractivity contribution in [3.63, 3.8) is 0 Å². The van der Waals surface area contributed by atoms with Gasteiger partial charge in [-0.1, -0.05) is 12.1 Å². The maximum Gasteiger partial charge on any atom is 0.339 e. The third-order valence-electron chi connectivity index (χ3n) is 3.20. The number of rotatable bonds is 2. The lowest BCUT2D eigenvalue weighted by atomic mass is 10.1. The van der Waals surface area contributed by atoms with Crippen molar-refractivity contribution >= 4 is 33.8 Å². The zero-order chi connectivity index (χ0) is 15.9. The molecule has 1 heterocycles. The molecule has 0 amide bonds. The molecule has 110 valence electrons. The van der Waals surface area contributed by atoms with Gasteiger partial charge in [0.2, 0.25) is 5.78 Å². The third-order valence-corrected chi connectivity index (χ3v) is 3.82. The number of carboxylic acid groups (broad SMARTS) is 1. The number of fused-ring (bicyclic) bond motifs is 1. The summed E-state index contributed by atoms with van der Waals surface area (Å²) in [6.07, 6.45) is 1.45. The summed E-state index contributed by atoms with van der Waals surface area (Å²) in [5.74, 6) is -1.32. The van der Waals surface area contributed by atoms with Crippen molar-refractivity contribution in [2.24, 2.45) is 0 Å². The van der Waals surface area contributed by atoms with Gasteiger partial charge < -0.3 is 14.9 Å². The van der Waals surface area contributed by atoms with Gasteiger partial charge in [0.15, 0.2) is 11.5 Å². The molecule has 22 heavy (non-hydrogen) atoms. The van der Waals surface area contributed by atoms with Gasteiger partial charge in [0.1, 0.15) is 11.3 Å². The Bertz CT molecular complexity index is 838. The topological polar surface area (TPSA) is 83.8 Å². The number of carboxylic acids is 1. The van der Waals surface area contributed by atoms with Gasteiger partial charge in [0, 0.05) is 0 Å². The smallest absolute Gasteiger partial charge is 0.339 e. The van der Waals surface area contributed by atoms with Crippen molar-refractivity contribution < 1.29 is 24.5 Å². The standard InChI is InChI=1S/C16H9BrO5/c17-11-3-1-2-9-14(19)13(22-15(9)11)7-8-4-5-12(18)10(6-8)16(20)21/h1-7,18H,(H,20,21)/b13-7-. The predicted molar refractivity (Wildman–Crippen MR) is 82.1 cm³/mol. The number of allylic oxidation sites excluding steroid dienone is 1. The number of ketones is 1. The first-order valence-electron chi connectivity index (χ1n) is 6.26. The van der Waals surface area contributed by atoms with Crippen LogP contribution in [0.4, 0.5) is 0 Å². The Morgan fingerprint density at radius 2 is 2.00 bits per heavy atom. The second-order valence-corrected chi connectivity index (χ2v) is 5.49. The van der Waals surface area contributed by atoms with Crippen LogP contribution >= 0.6 is 15.9 Å². The van der Waals surface area contributed by atoms with E-state index in [1.165, 1.54) is 24.3 Å². The summed E-state index contributed by atoms with van der Waals surface area (Å²) < 4.78 is 6.20. The maximum absolute atomic E-state index is 12.3. The van der Waals surface area contributed by atoms with E-state index in [4.69, 9.17) is 9.84 Å². The fourth-order valence-electron chi connectivity index (χ4n) is 2.14. The molecule has 0 aromatic heterocycles. The van der Waals surface area contributed by atoms with E-state index < -0.39 is 5.97 Å². The SMILES string of the molecule is O=C(O)c1cc(/C=C2\Oc3c(Br)cccc3C2=O)ccc1O. The lowest BCUT2D eigenvalue weighted by Crippen LogP contribution is -2.00. The highest BCUT2D eigenvalue weighted by Gasteiger charge is 2.28. The average molecular weight is 361 g/mol. The zero-order valence-electron chi connectivity index (χ0n) is 11.0. The minimum Gasteiger partial charge on any atom is -0.507 e. The Labute approximate surface area is 133 Å². The van der Waals surface area contributed by atoms with Crippen molar-refractivity contribution in [1.29, 1.82) is 0 Å². The van der Waals surface area contributed by atoms with Gasteiger partial charge in [-0.15, -0.1) is 0 Å². The van der Waals surface area contributed by atoms with Crippen LogP contribution in [-0.2, 0) is 0 Å². The highest BCUT2D eigenvalue weighted by molar-refractivity contribution is 9.10. The van der Waals surface area contributed by atoms with Crippen LogP contribution in [0.1, 0.15) is 26.3 Å². The van der Waals surface area contributed by atoms with Crippen LogP contribution in [0.5, 0.6) is 11.5 Å². The van der Waals surface area contributed by atoms with Crippen LogP contribution in [-0.4, -0.2) is 22.0 Å². The second kappa shape index (κ2) is 5.31. The minimum atomic E-state index is -1.25. The van der Waals surface area contributed by atoms with Crippen LogP contribution in [0.15, 0.2) is 46.6 Å². The molecule has 5 nitrogen and oxygen atoms in total. The number of carbonyl (C=O) groups is 2. The van der Waals surface area contributed by atoms with Crippen molar-refractivity contribution in [2.75, 3.05) is 0 Å². The molecule has 0 saturated heterocycles. The van der Waals surface area contributed by atoms with Crippen LogP contribution < -0.4 is 4.74 Å². The molecule has 0 spiro atoms. The first-order valence-corrected chi connectivity index (χ1v) is 7.06. The maximum atomic E-state index is 12.3. The normalized spacial score (nSPS) is 14.8. The number of benzene rings is 2. The summed E-state index contributed by atoms with van der Waals surface area (Å²) in [6.45, 7) is 0. The molecule has 3 rings (SSSR count). The fourth-order valence-corrected chi connectivity index (χ4v) is 2.59. The predicted octanol–water partition coefficient (Wildman–Crippen LogP) is 3.47. The van der Waals surface area contributed by atoms with Gasteiger partial charge in [0.05, 0.1) is 10.0 Å². The van der Waals surface area contributed by atoms with Crippen LogP contribution in [0.2, 0.25) is 0 Å². The number of hydrogen-bond donors (Lipinski definition) is 2. The monoisotopic (exact) mass is 360 g/mol. The average Bonchev–Trinajstić information content (AvgIpc) is 2.79. The van der Waals surface area contributed by atoms with Gasteiger partial charge in [0.25, 0.3) is 0 Å². The molecule has 0 unspecified atom stereocenters.